The Morgan fingerprint density at radius 3 is 2.48 bits per heavy atom. The number of likely N-dealkylation sites (N-methyl/N-ethyl adjacent to an activating group) is 1. The van der Waals surface area contributed by atoms with Crippen molar-refractivity contribution in [1.82, 2.24) is 10.2 Å². The molecule has 0 bridgehead atoms. The first kappa shape index (κ1) is 21.1. The lowest BCUT2D eigenvalue weighted by Gasteiger charge is -2.17. The van der Waals surface area contributed by atoms with Crippen LogP contribution in [0.3, 0.4) is 0 Å². The number of amides is 1. The Hall–Kier alpha value is -1.97. The molecule has 1 aromatic carbocycles. The Labute approximate surface area is 140 Å². The zero-order valence-corrected chi connectivity index (χ0v) is 13.4. The van der Waals surface area contributed by atoms with Crippen LogP contribution in [0.4, 0.5) is 26.3 Å². The van der Waals surface area contributed by atoms with Gasteiger partial charge in [0.05, 0.1) is 25.1 Å². The van der Waals surface area contributed by atoms with E-state index in [0.29, 0.717) is 0 Å². The van der Waals surface area contributed by atoms with Crippen LogP contribution in [0.2, 0.25) is 0 Å². The van der Waals surface area contributed by atoms with Crippen LogP contribution in [-0.4, -0.2) is 50.3 Å². The van der Waals surface area contributed by atoms with Gasteiger partial charge in [0.25, 0.3) is 0 Å². The van der Waals surface area contributed by atoms with Gasteiger partial charge in [0.2, 0.25) is 5.91 Å². The predicted molar refractivity (Wildman–Crippen MR) is 78.1 cm³/mol. The van der Waals surface area contributed by atoms with Crippen molar-refractivity contribution in [3.63, 3.8) is 0 Å². The number of hydrogen-bond donors (Lipinski definition) is 1. The van der Waals surface area contributed by atoms with Crippen molar-refractivity contribution < 1.29 is 35.9 Å². The molecule has 0 heterocycles. The van der Waals surface area contributed by atoms with Crippen molar-refractivity contribution in [3.05, 3.63) is 29.8 Å². The van der Waals surface area contributed by atoms with Crippen LogP contribution in [0.15, 0.2) is 24.3 Å². The fourth-order valence-corrected chi connectivity index (χ4v) is 1.82. The van der Waals surface area contributed by atoms with Gasteiger partial charge in [0, 0.05) is 6.54 Å². The molecule has 1 aromatic rings. The molecular formula is C15H18F6N2O2. The molecule has 1 N–H and O–H groups in total. The van der Waals surface area contributed by atoms with Crippen molar-refractivity contribution >= 4 is 5.91 Å². The van der Waals surface area contributed by atoms with Gasteiger partial charge in [-0.25, -0.2) is 0 Å². The summed E-state index contributed by atoms with van der Waals surface area (Å²) in [6, 6.07) is 4.30. The van der Waals surface area contributed by atoms with Crippen molar-refractivity contribution in [2.24, 2.45) is 0 Å². The molecule has 0 aromatic heterocycles. The monoisotopic (exact) mass is 372 g/mol. The predicted octanol–water partition coefficient (Wildman–Crippen LogP) is 3.08. The van der Waals surface area contributed by atoms with Crippen LogP contribution in [0, 0.1) is 0 Å². The van der Waals surface area contributed by atoms with E-state index in [-0.39, 0.29) is 32.0 Å². The van der Waals surface area contributed by atoms with Gasteiger partial charge in [-0.1, -0.05) is 6.07 Å². The second-order valence-corrected chi connectivity index (χ2v) is 5.33. The molecule has 0 aliphatic rings. The normalized spacial score (nSPS) is 12.3. The third-order valence-corrected chi connectivity index (χ3v) is 3.04. The third-order valence-electron chi connectivity index (χ3n) is 3.04. The van der Waals surface area contributed by atoms with E-state index in [0.717, 1.165) is 12.1 Å². The summed E-state index contributed by atoms with van der Waals surface area (Å²) in [5.41, 5.74) is -0.847. The SMILES string of the molecule is CN(CCC(F)(F)F)CC(=O)NCCOc1cccc(C(F)(F)F)c1. The van der Waals surface area contributed by atoms with E-state index in [2.05, 4.69) is 5.32 Å². The van der Waals surface area contributed by atoms with Gasteiger partial charge in [0.15, 0.2) is 0 Å². The van der Waals surface area contributed by atoms with Gasteiger partial charge in [-0.15, -0.1) is 0 Å². The lowest BCUT2D eigenvalue weighted by atomic mass is 10.2. The average molecular weight is 372 g/mol. The van der Waals surface area contributed by atoms with Crippen LogP contribution in [0.1, 0.15) is 12.0 Å². The molecule has 0 spiro atoms. The van der Waals surface area contributed by atoms with Crippen molar-refractivity contribution in [2.75, 3.05) is 33.3 Å². The maximum absolute atomic E-state index is 12.5. The van der Waals surface area contributed by atoms with Gasteiger partial charge in [-0.05, 0) is 25.2 Å². The van der Waals surface area contributed by atoms with Gasteiger partial charge < -0.3 is 10.1 Å². The highest BCUT2D eigenvalue weighted by Gasteiger charge is 2.30. The smallest absolute Gasteiger partial charge is 0.416 e. The number of carbonyl (C=O) groups excluding carboxylic acids is 1. The summed E-state index contributed by atoms with van der Waals surface area (Å²) in [5, 5.41) is 2.42. The lowest BCUT2D eigenvalue weighted by molar-refractivity contribution is -0.139. The van der Waals surface area contributed by atoms with Crippen molar-refractivity contribution in [3.8, 4) is 5.75 Å². The Morgan fingerprint density at radius 2 is 1.88 bits per heavy atom. The summed E-state index contributed by atoms with van der Waals surface area (Å²) in [7, 11) is 1.38. The zero-order chi connectivity index (χ0) is 19.1. The van der Waals surface area contributed by atoms with Gasteiger partial charge in [-0.3, -0.25) is 9.69 Å². The molecule has 4 nitrogen and oxygen atoms in total. The molecule has 0 saturated heterocycles. The number of halogens is 6. The van der Waals surface area contributed by atoms with Crippen molar-refractivity contribution in [2.45, 2.75) is 18.8 Å². The van der Waals surface area contributed by atoms with Gasteiger partial charge >= 0.3 is 12.4 Å². The maximum Gasteiger partial charge on any atom is 0.416 e. The fraction of sp³-hybridized carbons (Fsp3) is 0.533. The number of alkyl halides is 6. The molecule has 0 radical (unpaired) electrons. The highest BCUT2D eigenvalue weighted by molar-refractivity contribution is 5.77. The van der Waals surface area contributed by atoms with E-state index in [1.54, 1.807) is 0 Å². The van der Waals surface area contributed by atoms with E-state index >= 15 is 0 Å². The second kappa shape index (κ2) is 8.93. The van der Waals surface area contributed by atoms with Crippen LogP contribution in [-0.2, 0) is 11.0 Å². The molecule has 1 amide bonds. The first-order valence-electron chi connectivity index (χ1n) is 7.29. The van der Waals surface area contributed by atoms with Gasteiger partial charge in [0.1, 0.15) is 12.4 Å². The number of carbonyl (C=O) groups is 1. The third kappa shape index (κ3) is 9.18. The summed E-state index contributed by atoms with van der Waals surface area (Å²) in [6.07, 6.45) is -9.78. The van der Waals surface area contributed by atoms with E-state index in [1.165, 1.54) is 24.1 Å². The summed E-state index contributed by atoms with van der Waals surface area (Å²) in [6.45, 7) is -0.585. The van der Waals surface area contributed by atoms with Crippen LogP contribution >= 0.6 is 0 Å². The Bertz CT molecular complexity index is 560. The molecule has 10 heteroatoms. The van der Waals surface area contributed by atoms with Crippen LogP contribution in [0.25, 0.3) is 0 Å². The molecular weight excluding hydrogens is 354 g/mol. The zero-order valence-electron chi connectivity index (χ0n) is 13.4. The maximum atomic E-state index is 12.5. The molecule has 0 unspecified atom stereocenters. The Balaban J connectivity index is 2.28. The number of hydrogen-bond acceptors (Lipinski definition) is 3. The number of ether oxygens (including phenoxy) is 1. The number of nitrogens with zero attached hydrogens (tertiary/aromatic N) is 1. The largest absolute Gasteiger partial charge is 0.492 e. The molecule has 1 rings (SSSR count). The van der Waals surface area contributed by atoms with Crippen molar-refractivity contribution in [1.29, 1.82) is 0 Å². The summed E-state index contributed by atoms with van der Waals surface area (Å²) >= 11 is 0. The summed E-state index contributed by atoms with van der Waals surface area (Å²) in [5.74, 6) is -0.497. The van der Waals surface area contributed by atoms with E-state index in [4.69, 9.17) is 4.74 Å². The molecule has 0 fully saturated rings. The highest BCUT2D eigenvalue weighted by atomic mass is 19.4. The standard InChI is InChI=1S/C15H18F6N2O2/c1-23(7-5-14(16,17)18)10-13(24)22-6-8-25-12-4-2-3-11(9-12)15(19,20)21/h2-4,9H,5-8,10H2,1H3,(H,22,24). The highest BCUT2D eigenvalue weighted by Crippen LogP contribution is 2.31. The minimum Gasteiger partial charge on any atom is -0.492 e. The fourth-order valence-electron chi connectivity index (χ4n) is 1.82. The van der Waals surface area contributed by atoms with E-state index < -0.39 is 30.2 Å². The number of benzene rings is 1. The molecule has 142 valence electrons. The van der Waals surface area contributed by atoms with E-state index in [1.807, 2.05) is 0 Å². The minimum atomic E-state index is -4.48. The summed E-state index contributed by atoms with van der Waals surface area (Å²) in [4.78, 5) is 12.8. The van der Waals surface area contributed by atoms with E-state index in [9.17, 15) is 31.1 Å². The number of rotatable bonds is 8. The molecule has 25 heavy (non-hydrogen) atoms. The Morgan fingerprint density at radius 1 is 1.20 bits per heavy atom. The van der Waals surface area contributed by atoms with Crippen LogP contribution < -0.4 is 10.1 Å². The first-order valence-corrected chi connectivity index (χ1v) is 7.29. The molecule has 0 aliphatic heterocycles. The topological polar surface area (TPSA) is 41.6 Å². The first-order chi connectivity index (χ1) is 11.5. The Kier molecular flexibility index (Phi) is 7.53. The second-order valence-electron chi connectivity index (χ2n) is 5.33. The quantitative estimate of drug-likeness (QED) is 0.563. The van der Waals surface area contributed by atoms with Gasteiger partial charge in [-0.2, -0.15) is 26.3 Å². The molecule has 0 atom stereocenters. The average Bonchev–Trinajstić information content (AvgIpc) is 2.48. The number of nitrogens with one attached hydrogen (secondary N) is 1. The molecule has 0 saturated carbocycles. The lowest BCUT2D eigenvalue weighted by Crippen LogP contribution is -2.38. The van der Waals surface area contributed by atoms with Crippen LogP contribution in [0.5, 0.6) is 5.75 Å². The minimum absolute atomic E-state index is 0.00590. The molecule has 0 aliphatic carbocycles. The summed E-state index contributed by atoms with van der Waals surface area (Å²) < 4.78 is 78.9.